The fourth-order valence-corrected chi connectivity index (χ4v) is 4.78. The molecule has 0 amide bonds. The molecular formula is C24H23Cl2N5O. The minimum absolute atomic E-state index is 0.170. The summed E-state index contributed by atoms with van der Waals surface area (Å²) in [5.74, 6) is 0.367. The Balaban J connectivity index is 1.69. The Labute approximate surface area is 197 Å². The molecule has 3 aromatic rings. The molecule has 6 nitrogen and oxygen atoms in total. The molecule has 1 aromatic heterocycles. The van der Waals surface area contributed by atoms with Crippen molar-refractivity contribution in [3.63, 3.8) is 0 Å². The molecule has 1 atom stereocenters. The molecule has 0 spiro atoms. The second kappa shape index (κ2) is 8.95. The molecule has 1 unspecified atom stereocenters. The molecule has 0 saturated heterocycles. The summed E-state index contributed by atoms with van der Waals surface area (Å²) in [4.78, 5) is 14.7. The van der Waals surface area contributed by atoms with Crippen LogP contribution in [0.2, 0.25) is 10.0 Å². The molecule has 8 heteroatoms. The van der Waals surface area contributed by atoms with Gasteiger partial charge in [-0.15, -0.1) is 0 Å². The van der Waals surface area contributed by atoms with E-state index in [9.17, 15) is 0 Å². The summed E-state index contributed by atoms with van der Waals surface area (Å²) in [6, 6.07) is 7.51. The molecule has 2 N–H and O–H groups in total. The van der Waals surface area contributed by atoms with Crippen LogP contribution in [0, 0.1) is 13.5 Å². The highest BCUT2D eigenvalue weighted by molar-refractivity contribution is 6.37. The van der Waals surface area contributed by atoms with Crippen molar-refractivity contribution in [1.82, 2.24) is 14.9 Å². The lowest BCUT2D eigenvalue weighted by Crippen LogP contribution is -2.27. The van der Waals surface area contributed by atoms with Gasteiger partial charge in [0.15, 0.2) is 5.82 Å². The van der Waals surface area contributed by atoms with Crippen LogP contribution < -0.4 is 10.5 Å². The third-order valence-corrected chi connectivity index (χ3v) is 6.46. The standard InChI is InChI=1S/C24H23Cl2N5O/c1-13-9-15(10-16-12-31(4)8-7-17(13)16)20-11-29-23(27)24(30-20)32-14(2)21-18(25)5-6-19(28-3)22(21)26/h5-6,9-11,14H,7-8,12H2,1-2,4H3,(H2,27,29). The number of nitrogens with zero attached hydrogens (tertiary/aromatic N) is 4. The third-order valence-electron chi connectivity index (χ3n) is 5.73. The number of ether oxygens (including phenoxy) is 1. The summed E-state index contributed by atoms with van der Waals surface area (Å²) >= 11 is 12.7. The van der Waals surface area contributed by atoms with E-state index in [1.165, 1.54) is 16.7 Å². The van der Waals surface area contributed by atoms with Gasteiger partial charge in [-0.3, -0.25) is 0 Å². The number of likely N-dealkylation sites (N-methyl/N-ethyl adjacent to an activating group) is 1. The zero-order chi connectivity index (χ0) is 23.0. The fourth-order valence-electron chi connectivity index (χ4n) is 4.06. The first-order chi connectivity index (χ1) is 15.3. The highest BCUT2D eigenvalue weighted by Gasteiger charge is 2.21. The van der Waals surface area contributed by atoms with E-state index >= 15 is 0 Å². The van der Waals surface area contributed by atoms with Gasteiger partial charge in [-0.25, -0.2) is 14.8 Å². The SMILES string of the molecule is [C-]#[N+]c1ccc(Cl)c(C(C)Oc2nc(-c3cc(C)c4c(c3)CN(C)CC4)cnc2N)c1Cl. The Hall–Kier alpha value is -2.85. The number of aromatic nitrogens is 2. The molecule has 2 heterocycles. The van der Waals surface area contributed by atoms with Gasteiger partial charge in [0, 0.05) is 29.2 Å². The highest BCUT2D eigenvalue weighted by Crippen LogP contribution is 2.39. The summed E-state index contributed by atoms with van der Waals surface area (Å²) in [6.07, 6.45) is 2.12. The summed E-state index contributed by atoms with van der Waals surface area (Å²) in [5, 5.41) is 0.670. The predicted octanol–water partition coefficient (Wildman–Crippen LogP) is 6.02. The Morgan fingerprint density at radius 3 is 2.81 bits per heavy atom. The number of fused-ring (bicyclic) bond motifs is 1. The molecule has 4 rings (SSSR count). The quantitative estimate of drug-likeness (QED) is 0.475. The maximum Gasteiger partial charge on any atom is 0.258 e. The number of rotatable bonds is 4. The zero-order valence-corrected chi connectivity index (χ0v) is 19.6. The fraction of sp³-hybridized carbons (Fsp3) is 0.292. The number of hydrogen-bond donors (Lipinski definition) is 1. The van der Waals surface area contributed by atoms with Crippen LogP contribution in [0.4, 0.5) is 11.5 Å². The van der Waals surface area contributed by atoms with E-state index in [4.69, 9.17) is 40.2 Å². The van der Waals surface area contributed by atoms with Gasteiger partial charge in [0.05, 0.1) is 23.5 Å². The zero-order valence-electron chi connectivity index (χ0n) is 18.1. The van der Waals surface area contributed by atoms with Gasteiger partial charge >= 0.3 is 0 Å². The smallest absolute Gasteiger partial charge is 0.258 e. The molecule has 1 aliphatic rings. The predicted molar refractivity (Wildman–Crippen MR) is 128 cm³/mol. The van der Waals surface area contributed by atoms with E-state index in [1.54, 1.807) is 25.3 Å². The Kier molecular flexibility index (Phi) is 6.25. The number of benzene rings is 2. The molecule has 0 fully saturated rings. The lowest BCUT2D eigenvalue weighted by Gasteiger charge is -2.27. The number of aryl methyl sites for hydroxylation is 1. The second-order valence-electron chi connectivity index (χ2n) is 8.03. The van der Waals surface area contributed by atoms with E-state index in [0.29, 0.717) is 22.0 Å². The number of anilines is 1. The van der Waals surface area contributed by atoms with Crippen LogP contribution in [0.5, 0.6) is 5.88 Å². The Morgan fingerprint density at radius 2 is 2.06 bits per heavy atom. The maximum absolute atomic E-state index is 7.28. The van der Waals surface area contributed by atoms with Crippen molar-refractivity contribution >= 4 is 34.7 Å². The van der Waals surface area contributed by atoms with Crippen LogP contribution in [0.25, 0.3) is 16.1 Å². The van der Waals surface area contributed by atoms with Crippen molar-refractivity contribution in [3.8, 4) is 17.1 Å². The first-order valence-corrected chi connectivity index (χ1v) is 11.0. The molecule has 0 saturated carbocycles. The van der Waals surface area contributed by atoms with Gasteiger partial charge < -0.3 is 15.4 Å². The van der Waals surface area contributed by atoms with E-state index in [1.807, 2.05) is 0 Å². The van der Waals surface area contributed by atoms with Crippen molar-refractivity contribution in [1.29, 1.82) is 0 Å². The molecule has 0 aliphatic carbocycles. The van der Waals surface area contributed by atoms with Crippen molar-refractivity contribution in [2.45, 2.75) is 32.9 Å². The van der Waals surface area contributed by atoms with E-state index in [0.717, 1.165) is 25.1 Å². The van der Waals surface area contributed by atoms with E-state index < -0.39 is 6.10 Å². The number of halogens is 2. The van der Waals surface area contributed by atoms with Gasteiger partial charge in [0.1, 0.15) is 6.10 Å². The minimum Gasteiger partial charge on any atom is -0.467 e. The molecule has 32 heavy (non-hydrogen) atoms. The van der Waals surface area contributed by atoms with Crippen LogP contribution in [-0.2, 0) is 13.0 Å². The average molecular weight is 468 g/mol. The van der Waals surface area contributed by atoms with Crippen LogP contribution in [0.1, 0.15) is 35.3 Å². The topological polar surface area (TPSA) is 68.6 Å². The minimum atomic E-state index is -0.581. The summed E-state index contributed by atoms with van der Waals surface area (Å²) in [6.45, 7) is 13.2. The van der Waals surface area contributed by atoms with Crippen molar-refractivity contribution in [2.75, 3.05) is 19.3 Å². The lowest BCUT2D eigenvalue weighted by molar-refractivity contribution is 0.218. The van der Waals surface area contributed by atoms with Gasteiger partial charge in [0.25, 0.3) is 5.88 Å². The van der Waals surface area contributed by atoms with Gasteiger partial charge in [-0.2, -0.15) is 0 Å². The van der Waals surface area contributed by atoms with Crippen molar-refractivity contribution in [2.24, 2.45) is 0 Å². The van der Waals surface area contributed by atoms with Crippen molar-refractivity contribution in [3.05, 3.63) is 74.2 Å². The molecule has 0 radical (unpaired) electrons. The molecule has 2 aromatic carbocycles. The third kappa shape index (κ3) is 4.24. The summed E-state index contributed by atoms with van der Waals surface area (Å²) in [7, 11) is 2.13. The molecular weight excluding hydrogens is 445 g/mol. The summed E-state index contributed by atoms with van der Waals surface area (Å²) < 4.78 is 6.04. The first-order valence-electron chi connectivity index (χ1n) is 10.2. The van der Waals surface area contributed by atoms with Crippen LogP contribution >= 0.6 is 23.2 Å². The average Bonchev–Trinajstić information content (AvgIpc) is 2.75. The molecule has 164 valence electrons. The number of hydrogen-bond acceptors (Lipinski definition) is 5. The normalized spacial score (nSPS) is 14.5. The number of nitrogens with two attached hydrogens (primary N) is 1. The monoisotopic (exact) mass is 467 g/mol. The number of nitrogen functional groups attached to an aromatic ring is 1. The molecule has 1 aliphatic heterocycles. The Bertz CT molecular complexity index is 1240. The van der Waals surface area contributed by atoms with Crippen LogP contribution in [0.15, 0.2) is 30.5 Å². The van der Waals surface area contributed by atoms with Crippen LogP contribution in [0.3, 0.4) is 0 Å². The van der Waals surface area contributed by atoms with Gasteiger partial charge in [0.2, 0.25) is 5.69 Å². The maximum atomic E-state index is 7.28. The lowest BCUT2D eigenvalue weighted by atomic mass is 9.92. The molecule has 0 bridgehead atoms. The first kappa shape index (κ1) is 22.3. The second-order valence-corrected chi connectivity index (χ2v) is 8.82. The summed E-state index contributed by atoms with van der Waals surface area (Å²) in [5.41, 5.74) is 12.5. The Morgan fingerprint density at radius 1 is 1.28 bits per heavy atom. The van der Waals surface area contributed by atoms with Crippen molar-refractivity contribution < 1.29 is 4.74 Å². The largest absolute Gasteiger partial charge is 0.467 e. The van der Waals surface area contributed by atoms with E-state index in [2.05, 4.69) is 45.8 Å². The van der Waals surface area contributed by atoms with E-state index in [-0.39, 0.29) is 16.7 Å². The van der Waals surface area contributed by atoms with Crippen LogP contribution in [-0.4, -0.2) is 28.5 Å². The van der Waals surface area contributed by atoms with Gasteiger partial charge in [-0.05, 0) is 56.1 Å². The highest BCUT2D eigenvalue weighted by atomic mass is 35.5. The van der Waals surface area contributed by atoms with Gasteiger partial charge in [-0.1, -0.05) is 35.3 Å².